The van der Waals surface area contributed by atoms with E-state index in [1.807, 2.05) is 0 Å². The standard InChI is InChI=1S/2C6F5.2C4H10P.2Au/c2*7-2-1-3(8)5(10)6(11)4(2)9;2*1-5(2,3)4;;/h;;2*1-2H2,3-4H3;;/q4*-1;;. The van der Waals surface area contributed by atoms with E-state index in [0.717, 1.165) is 12.1 Å². The minimum atomic E-state index is -2.17. The van der Waals surface area contributed by atoms with Crippen molar-refractivity contribution in [2.45, 2.75) is 0 Å². The Bertz CT molecular complexity index is 761. The van der Waals surface area contributed by atoms with Crippen LogP contribution >= 0.6 is 14.5 Å². The van der Waals surface area contributed by atoms with Gasteiger partial charge in [0.1, 0.15) is 0 Å². The monoisotopic (exact) mass is 906 g/mol. The third-order valence-corrected chi connectivity index (χ3v) is 1.98. The van der Waals surface area contributed by atoms with Crippen LogP contribution in [0.2, 0.25) is 0 Å². The van der Waals surface area contributed by atoms with Crippen LogP contribution in [0, 0.1) is 97.0 Å². The molecule has 0 aliphatic rings. The van der Waals surface area contributed by atoms with Crippen LogP contribution in [0.15, 0.2) is 0 Å². The van der Waals surface area contributed by atoms with Crippen LogP contribution in [0.5, 0.6) is 0 Å². The smallest absolute Gasteiger partial charge is 0.0893 e. The van der Waals surface area contributed by atoms with Crippen molar-refractivity contribution in [1.29, 1.82) is 0 Å². The SMILES string of the molecule is Fc1[c-]c(F)c(F)c(F)c1F.Fc1[c-]c(F)c(F)c(F)c1F.[Au].[Au].[CH2-][P+]([CH2-])(C)C.[CH2-][P+]([CH2-])(C)C. The summed E-state index contributed by atoms with van der Waals surface area (Å²) in [6, 6.07) is 2.05. The van der Waals surface area contributed by atoms with Gasteiger partial charge >= 0.3 is 0 Å². The van der Waals surface area contributed by atoms with Crippen LogP contribution in [0.4, 0.5) is 43.9 Å². The van der Waals surface area contributed by atoms with Gasteiger partial charge in [-0.2, -0.15) is 0 Å². The van der Waals surface area contributed by atoms with Gasteiger partial charge in [-0.15, -0.1) is 12.1 Å². The zero-order chi connectivity index (χ0) is 26.2. The topological polar surface area (TPSA) is 0 Å². The molecular formula is C20H20Au2F10P2-4. The van der Waals surface area contributed by atoms with Crippen LogP contribution < -0.4 is 0 Å². The quantitative estimate of drug-likeness (QED) is 0.0628. The molecular weight excluding hydrogens is 886 g/mol. The largest absolute Gasteiger partial charge is 0.278 e. The van der Waals surface area contributed by atoms with Crippen LogP contribution in [0.25, 0.3) is 0 Å². The second kappa shape index (κ2) is 17.5. The van der Waals surface area contributed by atoms with E-state index in [2.05, 4.69) is 53.3 Å². The van der Waals surface area contributed by atoms with E-state index in [-0.39, 0.29) is 44.8 Å². The van der Waals surface area contributed by atoms with E-state index in [4.69, 9.17) is 0 Å². The van der Waals surface area contributed by atoms with Crippen molar-refractivity contribution in [3.8, 4) is 0 Å². The zero-order valence-corrected chi connectivity index (χ0v) is 24.2. The summed E-state index contributed by atoms with van der Waals surface area (Å²) in [4.78, 5) is 0. The van der Waals surface area contributed by atoms with Gasteiger partial charge in [-0.05, 0) is 26.7 Å². The molecule has 0 heterocycles. The molecule has 0 fully saturated rings. The summed E-state index contributed by atoms with van der Waals surface area (Å²) < 4.78 is 120. The Morgan fingerprint density at radius 2 is 0.529 bits per heavy atom. The van der Waals surface area contributed by atoms with Gasteiger partial charge in [0.05, 0.1) is 58.2 Å². The Kier molecular flexibility index (Phi) is 21.2. The molecule has 0 saturated heterocycles. The summed E-state index contributed by atoms with van der Waals surface area (Å²) in [5.74, 6) is -20.1. The fourth-order valence-electron chi connectivity index (χ4n) is 0.990. The Morgan fingerprint density at radius 1 is 0.412 bits per heavy atom. The van der Waals surface area contributed by atoms with E-state index >= 15 is 0 Å². The molecule has 0 nitrogen and oxygen atoms in total. The second-order valence-corrected chi connectivity index (χ2v) is 15.0. The molecule has 0 spiro atoms. The molecule has 34 heavy (non-hydrogen) atoms. The minimum absolute atomic E-state index is 0. The Morgan fingerprint density at radius 3 is 0.647 bits per heavy atom. The Labute approximate surface area is 226 Å². The Balaban J connectivity index is -0.000000185. The molecule has 14 heteroatoms. The van der Waals surface area contributed by atoms with E-state index in [0.29, 0.717) is 0 Å². The van der Waals surface area contributed by atoms with Crippen molar-refractivity contribution in [3.63, 3.8) is 0 Å². The maximum Gasteiger partial charge on any atom is 0.0893 e. The normalized spacial score (nSPS) is 10.2. The van der Waals surface area contributed by atoms with Crippen molar-refractivity contribution in [1.82, 2.24) is 0 Å². The Hall–Kier alpha value is 0.0805. The molecule has 0 aliphatic heterocycles. The van der Waals surface area contributed by atoms with Gasteiger partial charge in [0.2, 0.25) is 0 Å². The van der Waals surface area contributed by atoms with Crippen molar-refractivity contribution in [3.05, 3.63) is 97.0 Å². The number of rotatable bonds is 0. The first-order valence-corrected chi connectivity index (χ1v) is 14.1. The zero-order valence-electron chi connectivity index (χ0n) is 18.1. The second-order valence-electron chi connectivity index (χ2n) is 7.26. The van der Waals surface area contributed by atoms with Crippen LogP contribution in [0.1, 0.15) is 0 Å². The van der Waals surface area contributed by atoms with Crippen molar-refractivity contribution < 1.29 is 88.7 Å². The molecule has 206 valence electrons. The molecule has 0 aliphatic carbocycles. The predicted octanol–water partition coefficient (Wildman–Crippen LogP) is 8.05. The van der Waals surface area contributed by atoms with Gasteiger partial charge in [-0.25, -0.2) is 53.0 Å². The first-order chi connectivity index (χ1) is 14.1. The van der Waals surface area contributed by atoms with Gasteiger partial charge in [0.15, 0.2) is 0 Å². The molecule has 0 N–H and O–H groups in total. The summed E-state index contributed by atoms with van der Waals surface area (Å²) in [6.07, 6.45) is 0. The minimum Gasteiger partial charge on any atom is -0.278 e. The molecule has 0 bridgehead atoms. The van der Waals surface area contributed by atoms with Crippen LogP contribution in [-0.4, -0.2) is 26.7 Å². The summed E-state index contributed by atoms with van der Waals surface area (Å²) in [5.41, 5.74) is 0. The van der Waals surface area contributed by atoms with Crippen LogP contribution in [-0.2, 0) is 44.8 Å². The first-order valence-electron chi connectivity index (χ1n) is 7.94. The molecule has 2 aromatic carbocycles. The maximum atomic E-state index is 12.0. The van der Waals surface area contributed by atoms with Crippen molar-refractivity contribution in [2.75, 3.05) is 26.7 Å². The van der Waals surface area contributed by atoms with Gasteiger partial charge in [0.25, 0.3) is 0 Å². The summed E-state index contributed by atoms with van der Waals surface area (Å²) in [5, 5.41) is 0. The summed E-state index contributed by atoms with van der Waals surface area (Å²) in [6.45, 7) is 23.4. The third kappa shape index (κ3) is 19.3. The first kappa shape index (κ1) is 41.2. The molecule has 0 atom stereocenters. The van der Waals surface area contributed by atoms with E-state index in [9.17, 15) is 43.9 Å². The predicted molar refractivity (Wildman–Crippen MR) is 109 cm³/mol. The van der Waals surface area contributed by atoms with Gasteiger partial charge in [0, 0.05) is 44.8 Å². The van der Waals surface area contributed by atoms with Crippen molar-refractivity contribution in [2.24, 2.45) is 0 Å². The summed E-state index contributed by atoms with van der Waals surface area (Å²) >= 11 is 0. The number of hydrogen-bond donors (Lipinski definition) is 0. The molecule has 0 unspecified atom stereocenters. The number of benzene rings is 2. The van der Waals surface area contributed by atoms with Crippen molar-refractivity contribution >= 4 is 14.5 Å². The molecule has 0 amide bonds. The molecule has 2 aromatic rings. The van der Waals surface area contributed by atoms with Crippen LogP contribution in [0.3, 0.4) is 0 Å². The summed E-state index contributed by atoms with van der Waals surface area (Å²) in [7, 11) is -1.78. The molecule has 0 aromatic heterocycles. The average molecular weight is 906 g/mol. The molecule has 2 rings (SSSR count). The van der Waals surface area contributed by atoms with E-state index in [1.165, 1.54) is 0 Å². The maximum absolute atomic E-state index is 12.0. The fourth-order valence-corrected chi connectivity index (χ4v) is 0.990. The molecule has 0 saturated carbocycles. The average Bonchev–Trinajstić information content (AvgIpc) is 2.59. The molecule has 2 radical (unpaired) electrons. The van der Waals surface area contributed by atoms with Gasteiger partial charge in [-0.3, -0.25) is 32.1 Å². The van der Waals surface area contributed by atoms with E-state index in [1.54, 1.807) is 0 Å². The number of halogens is 10. The van der Waals surface area contributed by atoms with Gasteiger partial charge in [-0.1, -0.05) is 0 Å². The third-order valence-electron chi connectivity index (χ3n) is 1.98. The van der Waals surface area contributed by atoms with E-state index < -0.39 is 72.7 Å². The number of hydrogen-bond acceptors (Lipinski definition) is 0. The fraction of sp³-hybridized carbons (Fsp3) is 0.200. The van der Waals surface area contributed by atoms with Gasteiger partial charge < -0.3 is 0 Å².